The van der Waals surface area contributed by atoms with Gasteiger partial charge in [0.2, 0.25) is 0 Å². The van der Waals surface area contributed by atoms with Gasteiger partial charge in [-0.2, -0.15) is 28.4 Å². The number of hydrogen-bond donors (Lipinski definition) is 1. The molecule has 5 heterocycles. The molecule has 4 unspecified atom stereocenters. The van der Waals surface area contributed by atoms with Crippen molar-refractivity contribution in [2.24, 2.45) is 0 Å². The predicted octanol–water partition coefficient (Wildman–Crippen LogP) is 7.39. The number of nitriles is 1. The van der Waals surface area contributed by atoms with E-state index >= 15 is 17.6 Å². The van der Waals surface area contributed by atoms with Gasteiger partial charge in [-0.1, -0.05) is 6.07 Å². The molecule has 3 saturated heterocycles. The lowest BCUT2D eigenvalue weighted by atomic mass is 9.92. The van der Waals surface area contributed by atoms with Crippen LogP contribution < -0.4 is 15.4 Å². The highest BCUT2D eigenvalue weighted by atomic mass is 32.1. The second-order valence-electron chi connectivity index (χ2n) is 14.6. The highest BCUT2D eigenvalue weighted by Crippen LogP contribution is 2.48. The first-order chi connectivity index (χ1) is 24.9. The van der Waals surface area contributed by atoms with Crippen molar-refractivity contribution in [2.45, 2.75) is 82.1 Å². The molecule has 3 fully saturated rings. The molecule has 1 amide bonds. The number of amides is 1. The number of carbonyl (C=O) groups is 1. The molecule has 0 radical (unpaired) electrons. The Morgan fingerprint density at radius 1 is 1.21 bits per heavy atom. The molecule has 4 atom stereocenters. The van der Waals surface area contributed by atoms with Gasteiger partial charge in [0.1, 0.15) is 41.0 Å². The Hall–Kier alpha value is -4.43. The molecule has 0 aliphatic carbocycles. The van der Waals surface area contributed by atoms with Crippen LogP contribution in [0.25, 0.3) is 32.1 Å². The predicted molar refractivity (Wildman–Crippen MR) is 186 cm³/mol. The zero-order valence-corrected chi connectivity index (χ0v) is 30.1. The van der Waals surface area contributed by atoms with Gasteiger partial charge in [-0.3, -0.25) is 9.69 Å². The van der Waals surface area contributed by atoms with Crippen molar-refractivity contribution in [3.63, 3.8) is 0 Å². The minimum atomic E-state index is -5.17. The van der Waals surface area contributed by atoms with Gasteiger partial charge in [-0.05, 0) is 64.3 Å². The Kier molecular flexibility index (Phi) is 8.96. The summed E-state index contributed by atoms with van der Waals surface area (Å²) in [6.45, 7) is 4.92. The lowest BCUT2D eigenvalue weighted by Gasteiger charge is -2.34. The lowest BCUT2D eigenvalue weighted by molar-refractivity contribution is -0.142. The third kappa shape index (κ3) is 6.07. The maximum Gasteiger partial charge on any atom is 0.417 e. The highest BCUT2D eigenvalue weighted by molar-refractivity contribution is 7.23. The number of likely N-dealkylation sites (N-methyl/N-ethyl adjacent to an activating group) is 1. The van der Waals surface area contributed by atoms with E-state index in [-0.39, 0.29) is 70.4 Å². The summed E-state index contributed by atoms with van der Waals surface area (Å²) in [5.41, 5.74) is -0.574. The number of halogens is 7. The largest absolute Gasteiger partial charge is 0.461 e. The SMILES string of the molecule is CC1C(N(C)c2nc(OCC34CCCN3CC(F)C4)nc3c(F)c(-c4ccc(F)c5sc(N)c(C#N)c45)c(C(F)(F)F)cc23)CCN1C(=O)C(C)(C)F. The third-order valence-electron chi connectivity index (χ3n) is 10.9. The number of anilines is 2. The van der Waals surface area contributed by atoms with Crippen molar-refractivity contribution in [3.05, 3.63) is 41.0 Å². The number of benzene rings is 2. The highest BCUT2D eigenvalue weighted by Gasteiger charge is 2.50. The van der Waals surface area contributed by atoms with Gasteiger partial charge in [-0.15, -0.1) is 11.3 Å². The molecule has 53 heavy (non-hydrogen) atoms. The van der Waals surface area contributed by atoms with Gasteiger partial charge in [0.15, 0.2) is 11.5 Å². The molecule has 9 nitrogen and oxygen atoms in total. The van der Waals surface area contributed by atoms with E-state index in [1.165, 1.54) is 16.8 Å². The zero-order valence-electron chi connectivity index (χ0n) is 29.3. The number of hydrogen-bond acceptors (Lipinski definition) is 9. The monoisotopic (exact) mass is 763 g/mol. The van der Waals surface area contributed by atoms with Crippen LogP contribution in [0.4, 0.5) is 41.6 Å². The molecule has 7 rings (SSSR count). The molecule has 2 aromatic carbocycles. The Balaban J connectivity index is 1.43. The molecule has 3 aliphatic heterocycles. The number of rotatable bonds is 7. The summed E-state index contributed by atoms with van der Waals surface area (Å²) in [5.74, 6) is -3.19. The second kappa shape index (κ2) is 12.9. The summed E-state index contributed by atoms with van der Waals surface area (Å²) in [4.78, 5) is 26.6. The molecule has 2 aromatic heterocycles. The number of nitrogens with zero attached hydrogens (tertiary/aromatic N) is 6. The summed E-state index contributed by atoms with van der Waals surface area (Å²) in [7, 11) is 1.53. The van der Waals surface area contributed by atoms with E-state index in [0.29, 0.717) is 30.4 Å². The lowest BCUT2D eigenvalue weighted by Crippen LogP contribution is -2.49. The van der Waals surface area contributed by atoms with Gasteiger partial charge in [0.05, 0.1) is 27.4 Å². The summed E-state index contributed by atoms with van der Waals surface area (Å²) < 4.78 is 113. The first kappa shape index (κ1) is 36.9. The van der Waals surface area contributed by atoms with E-state index in [4.69, 9.17) is 10.5 Å². The van der Waals surface area contributed by atoms with E-state index in [9.17, 15) is 23.2 Å². The summed E-state index contributed by atoms with van der Waals surface area (Å²) in [6.07, 6.45) is -4.34. The van der Waals surface area contributed by atoms with Gasteiger partial charge < -0.3 is 20.3 Å². The standard InChI is InChI=1S/C36H36F7N7O2S/c1-17-24(8-11-50(17)32(51)34(2,3)40)48(4)31-20-12-22(36(41,42)43)26(19-6-7-23(38)29-25(19)21(14-44)30(45)53-29)27(39)28(20)46-33(47-31)52-16-35-9-5-10-49(35)15-18(37)13-35/h6-7,12,17-18,24H,5,8-11,13,15-16,45H2,1-4H3. The third-order valence-corrected chi connectivity index (χ3v) is 12.0. The maximum atomic E-state index is 17.2. The van der Waals surface area contributed by atoms with E-state index in [1.807, 2.05) is 4.90 Å². The Bertz CT molecular complexity index is 2180. The van der Waals surface area contributed by atoms with Crippen LogP contribution in [-0.2, 0) is 11.0 Å². The van der Waals surface area contributed by atoms with Crippen molar-refractivity contribution in [2.75, 3.05) is 43.9 Å². The number of alkyl halides is 5. The quantitative estimate of drug-likeness (QED) is 0.194. The van der Waals surface area contributed by atoms with Crippen LogP contribution in [0.5, 0.6) is 6.01 Å². The van der Waals surface area contributed by atoms with Crippen molar-refractivity contribution >= 4 is 49.1 Å². The summed E-state index contributed by atoms with van der Waals surface area (Å²) >= 11 is 0.656. The van der Waals surface area contributed by atoms with E-state index in [0.717, 1.165) is 32.4 Å². The number of nitrogen functional groups attached to an aromatic ring is 1. The Morgan fingerprint density at radius 2 is 1.94 bits per heavy atom. The summed E-state index contributed by atoms with van der Waals surface area (Å²) in [6, 6.07) is 2.75. The molecule has 4 aromatic rings. The number of carbonyl (C=O) groups excluding carboxylic acids is 1. The van der Waals surface area contributed by atoms with E-state index < -0.39 is 75.4 Å². The number of ether oxygens (including phenoxy) is 1. The van der Waals surface area contributed by atoms with Gasteiger partial charge in [-0.25, -0.2) is 17.6 Å². The fourth-order valence-electron chi connectivity index (χ4n) is 8.39. The zero-order chi connectivity index (χ0) is 38.4. The molecule has 2 N–H and O–H groups in total. The van der Waals surface area contributed by atoms with Crippen molar-refractivity contribution in [1.82, 2.24) is 19.8 Å². The number of fused-ring (bicyclic) bond motifs is 3. The minimum absolute atomic E-state index is 0.0663. The van der Waals surface area contributed by atoms with Crippen LogP contribution in [0.3, 0.4) is 0 Å². The second-order valence-corrected chi connectivity index (χ2v) is 15.7. The average Bonchev–Trinajstić information content (AvgIpc) is 3.83. The molecular formula is C36H36F7N7O2S. The van der Waals surface area contributed by atoms with Crippen LogP contribution in [0, 0.1) is 23.0 Å². The van der Waals surface area contributed by atoms with Crippen LogP contribution in [-0.4, -0.2) is 88.4 Å². The van der Waals surface area contributed by atoms with Crippen molar-refractivity contribution in [3.8, 4) is 23.2 Å². The normalized spacial score (nSPS) is 23.6. The van der Waals surface area contributed by atoms with Crippen molar-refractivity contribution < 1.29 is 40.3 Å². The first-order valence-corrected chi connectivity index (χ1v) is 17.9. The van der Waals surface area contributed by atoms with Crippen LogP contribution >= 0.6 is 11.3 Å². The smallest absolute Gasteiger partial charge is 0.417 e. The van der Waals surface area contributed by atoms with Crippen molar-refractivity contribution in [1.29, 1.82) is 5.26 Å². The Morgan fingerprint density at radius 3 is 2.62 bits per heavy atom. The molecule has 0 spiro atoms. The number of likely N-dealkylation sites (tertiary alicyclic amines) is 1. The van der Waals surface area contributed by atoms with E-state index in [1.54, 1.807) is 13.0 Å². The molecule has 282 valence electrons. The summed E-state index contributed by atoms with van der Waals surface area (Å²) in [5, 5.41) is 9.08. The van der Waals surface area contributed by atoms with Crippen LogP contribution in [0.2, 0.25) is 0 Å². The minimum Gasteiger partial charge on any atom is -0.461 e. The fraction of sp³-hybridized carbons (Fsp3) is 0.500. The maximum absolute atomic E-state index is 17.2. The van der Waals surface area contributed by atoms with E-state index in [2.05, 4.69) is 9.97 Å². The van der Waals surface area contributed by atoms with Gasteiger partial charge in [0, 0.05) is 48.9 Å². The first-order valence-electron chi connectivity index (χ1n) is 17.1. The van der Waals surface area contributed by atoms with Gasteiger partial charge in [0.25, 0.3) is 5.91 Å². The molecule has 17 heteroatoms. The fourth-order valence-corrected chi connectivity index (χ4v) is 9.34. The average molecular weight is 764 g/mol. The number of thiophene rings is 1. The molecule has 0 saturated carbocycles. The topological polar surface area (TPSA) is 112 Å². The van der Waals surface area contributed by atoms with Crippen LogP contribution in [0.15, 0.2) is 18.2 Å². The molecular weight excluding hydrogens is 727 g/mol. The molecule has 3 aliphatic rings. The number of nitrogens with two attached hydrogens (primary N) is 1. The number of aromatic nitrogens is 2. The Labute approximate surface area is 304 Å². The molecule has 0 bridgehead atoms. The van der Waals surface area contributed by atoms with Crippen LogP contribution in [0.1, 0.15) is 57.6 Å². The van der Waals surface area contributed by atoms with Gasteiger partial charge >= 0.3 is 12.2 Å².